The smallest absolute Gasteiger partial charge is 0.335 e. The molecule has 1 fully saturated rings. The summed E-state index contributed by atoms with van der Waals surface area (Å²) in [5, 5.41) is 12.4. The maximum absolute atomic E-state index is 12.9. The van der Waals surface area contributed by atoms with E-state index in [4.69, 9.17) is 0 Å². The number of benzene rings is 2. The van der Waals surface area contributed by atoms with E-state index >= 15 is 0 Å². The lowest BCUT2D eigenvalue weighted by atomic mass is 10.1. The number of rotatable bonds is 2. The van der Waals surface area contributed by atoms with E-state index in [-0.39, 0.29) is 11.3 Å². The fourth-order valence-electron chi connectivity index (χ4n) is 2.51. The summed E-state index contributed by atoms with van der Waals surface area (Å²) in [7, 11) is 0. The average Bonchev–Trinajstić information content (AvgIpc) is 2.58. The molecule has 0 aromatic heterocycles. The van der Waals surface area contributed by atoms with E-state index in [0.29, 0.717) is 14.8 Å². The third-order valence-electron chi connectivity index (χ3n) is 3.86. The van der Waals surface area contributed by atoms with Gasteiger partial charge in [0.05, 0.1) is 9.26 Å². The van der Waals surface area contributed by atoms with Crippen molar-refractivity contribution < 1.29 is 19.5 Å². The van der Waals surface area contributed by atoms with Crippen molar-refractivity contribution in [3.8, 4) is 5.75 Å². The van der Waals surface area contributed by atoms with Gasteiger partial charge in [0.2, 0.25) is 0 Å². The molecule has 2 aromatic rings. The van der Waals surface area contributed by atoms with Gasteiger partial charge in [0.15, 0.2) is 0 Å². The van der Waals surface area contributed by atoms with E-state index in [2.05, 4.69) is 43.8 Å². The van der Waals surface area contributed by atoms with E-state index in [0.717, 1.165) is 18.5 Å². The fraction of sp³-hybridized carbons (Fsp3) is 0.0556. The predicted octanol–water partition coefficient (Wildman–Crippen LogP) is 4.34. The molecule has 9 heteroatoms. The molecule has 0 atom stereocenters. The average molecular weight is 653 g/mol. The van der Waals surface area contributed by atoms with Crippen LogP contribution in [0.15, 0.2) is 40.4 Å². The summed E-state index contributed by atoms with van der Waals surface area (Å²) in [6.07, 6.45) is 1.29. The number of anilines is 1. The van der Waals surface area contributed by atoms with Gasteiger partial charge in [0, 0.05) is 13.6 Å². The molecule has 0 bridgehead atoms. The molecule has 1 saturated heterocycles. The number of halogens is 3. The maximum Gasteiger partial charge on any atom is 0.335 e. The molecule has 1 heterocycles. The number of barbiturate groups is 1. The largest absolute Gasteiger partial charge is 0.506 e. The number of aromatic hydroxyl groups is 1. The highest BCUT2D eigenvalue weighted by Crippen LogP contribution is 2.31. The molecule has 6 nitrogen and oxygen atoms in total. The Balaban J connectivity index is 2.09. The first-order chi connectivity index (χ1) is 12.7. The normalized spacial score (nSPS) is 16.1. The number of nitrogens with one attached hydrogen (secondary N) is 1. The van der Waals surface area contributed by atoms with Crippen molar-refractivity contribution in [2.45, 2.75) is 6.92 Å². The second kappa shape index (κ2) is 7.87. The first-order valence-corrected chi connectivity index (χ1v) is 10.5. The minimum Gasteiger partial charge on any atom is -0.506 e. The number of phenols is 1. The van der Waals surface area contributed by atoms with Crippen molar-refractivity contribution in [1.82, 2.24) is 5.32 Å². The number of aryl methyl sites for hydroxylation is 1. The summed E-state index contributed by atoms with van der Waals surface area (Å²) in [5.41, 5.74) is 1.27. The number of carbonyl (C=O) groups is 3. The Labute approximate surface area is 190 Å². The molecule has 138 valence electrons. The van der Waals surface area contributed by atoms with Crippen LogP contribution < -0.4 is 10.2 Å². The van der Waals surface area contributed by atoms with Crippen molar-refractivity contribution >= 4 is 90.7 Å². The van der Waals surface area contributed by atoms with Crippen LogP contribution in [0.5, 0.6) is 5.75 Å². The van der Waals surface area contributed by atoms with Crippen molar-refractivity contribution in [2.75, 3.05) is 4.90 Å². The van der Waals surface area contributed by atoms with Gasteiger partial charge < -0.3 is 5.11 Å². The summed E-state index contributed by atoms with van der Waals surface area (Å²) >= 11 is 7.41. The molecule has 0 aliphatic carbocycles. The number of carbonyl (C=O) groups excluding carboxylic acids is 3. The lowest BCUT2D eigenvalue weighted by Gasteiger charge is -2.26. The van der Waals surface area contributed by atoms with E-state index in [1.54, 1.807) is 30.3 Å². The molecular weight excluding hydrogens is 642 g/mol. The first-order valence-electron chi connectivity index (χ1n) is 7.54. The Hall–Kier alpha value is -1.47. The standard InChI is InChI=1S/C18H11BrI2N2O4/c1-8-4-11(2-3-13(8)19)23-17(26)12(16(25)22-18(23)27)6-9-5-10(20)7-14(21)15(9)24/h2-7,24H,1H3,(H,22,25,27)/b12-6+. The van der Waals surface area contributed by atoms with Gasteiger partial charge in [-0.1, -0.05) is 15.9 Å². The Bertz CT molecular complexity index is 1040. The van der Waals surface area contributed by atoms with Crippen LogP contribution in [0.1, 0.15) is 11.1 Å². The summed E-state index contributed by atoms with van der Waals surface area (Å²) in [6, 6.07) is 7.59. The minimum absolute atomic E-state index is 0.0351. The van der Waals surface area contributed by atoms with E-state index < -0.39 is 17.8 Å². The zero-order chi connectivity index (χ0) is 19.9. The number of imide groups is 2. The van der Waals surface area contributed by atoms with Crippen LogP contribution in [0.3, 0.4) is 0 Å². The second-order valence-electron chi connectivity index (χ2n) is 5.72. The van der Waals surface area contributed by atoms with Crippen molar-refractivity contribution in [1.29, 1.82) is 0 Å². The van der Waals surface area contributed by atoms with Gasteiger partial charge in [-0.15, -0.1) is 0 Å². The van der Waals surface area contributed by atoms with Crippen LogP contribution in [0.4, 0.5) is 10.5 Å². The Morgan fingerprint density at radius 3 is 2.52 bits per heavy atom. The molecule has 1 aliphatic rings. The van der Waals surface area contributed by atoms with Gasteiger partial charge in [-0.25, -0.2) is 9.69 Å². The Kier molecular flexibility index (Phi) is 5.91. The van der Waals surface area contributed by atoms with Gasteiger partial charge in [0.1, 0.15) is 11.3 Å². The monoisotopic (exact) mass is 652 g/mol. The maximum atomic E-state index is 12.9. The second-order valence-corrected chi connectivity index (χ2v) is 8.98. The van der Waals surface area contributed by atoms with Gasteiger partial charge >= 0.3 is 6.03 Å². The van der Waals surface area contributed by atoms with Gasteiger partial charge in [-0.05, 0) is 94.1 Å². The van der Waals surface area contributed by atoms with Crippen LogP contribution in [0.2, 0.25) is 0 Å². The minimum atomic E-state index is -0.815. The molecule has 2 N–H and O–H groups in total. The zero-order valence-electron chi connectivity index (χ0n) is 13.7. The molecule has 0 radical (unpaired) electrons. The Morgan fingerprint density at radius 2 is 1.85 bits per heavy atom. The highest BCUT2D eigenvalue weighted by atomic mass is 127. The summed E-state index contributed by atoms with van der Waals surface area (Å²) in [6.45, 7) is 1.83. The fourth-order valence-corrected chi connectivity index (χ4v) is 4.65. The van der Waals surface area contributed by atoms with Crippen molar-refractivity contribution in [3.05, 3.63) is 58.6 Å². The van der Waals surface area contributed by atoms with E-state index in [1.807, 2.05) is 29.5 Å². The van der Waals surface area contributed by atoms with Gasteiger partial charge in [0.25, 0.3) is 11.8 Å². The van der Waals surface area contributed by atoms with E-state index in [1.165, 1.54) is 6.08 Å². The van der Waals surface area contributed by atoms with Crippen LogP contribution in [0, 0.1) is 14.1 Å². The predicted molar refractivity (Wildman–Crippen MR) is 121 cm³/mol. The van der Waals surface area contributed by atoms with Crippen LogP contribution >= 0.6 is 61.1 Å². The van der Waals surface area contributed by atoms with Crippen molar-refractivity contribution in [2.24, 2.45) is 0 Å². The van der Waals surface area contributed by atoms with Crippen LogP contribution in [0.25, 0.3) is 6.08 Å². The molecular formula is C18H11BrI2N2O4. The van der Waals surface area contributed by atoms with Gasteiger partial charge in [-0.3, -0.25) is 14.9 Å². The topological polar surface area (TPSA) is 86.7 Å². The molecule has 0 saturated carbocycles. The third kappa shape index (κ3) is 4.04. The molecule has 3 rings (SSSR count). The molecule has 0 unspecified atom stereocenters. The highest BCUT2D eigenvalue weighted by Gasteiger charge is 2.37. The molecule has 27 heavy (non-hydrogen) atoms. The van der Waals surface area contributed by atoms with Crippen LogP contribution in [-0.4, -0.2) is 23.0 Å². The number of urea groups is 1. The number of nitrogens with zero attached hydrogens (tertiary/aromatic N) is 1. The molecule has 2 aromatic carbocycles. The SMILES string of the molecule is Cc1cc(N2C(=O)NC(=O)/C(=C\c3cc(I)cc(I)c3O)C2=O)ccc1Br. The lowest BCUT2D eigenvalue weighted by Crippen LogP contribution is -2.54. The van der Waals surface area contributed by atoms with E-state index in [9.17, 15) is 19.5 Å². The van der Waals surface area contributed by atoms with Gasteiger partial charge in [-0.2, -0.15) is 0 Å². The van der Waals surface area contributed by atoms with Crippen LogP contribution in [-0.2, 0) is 9.59 Å². The number of hydrogen-bond acceptors (Lipinski definition) is 4. The summed E-state index contributed by atoms with van der Waals surface area (Å²) in [4.78, 5) is 38.3. The number of phenolic OH excluding ortho intramolecular Hbond substituents is 1. The quantitative estimate of drug-likeness (QED) is 0.287. The highest BCUT2D eigenvalue weighted by molar-refractivity contribution is 14.1. The third-order valence-corrected chi connectivity index (χ3v) is 6.19. The molecule has 1 aliphatic heterocycles. The number of hydrogen-bond donors (Lipinski definition) is 2. The Morgan fingerprint density at radius 1 is 1.15 bits per heavy atom. The summed E-state index contributed by atoms with van der Waals surface area (Å²) in [5.74, 6) is -1.59. The number of amides is 4. The first kappa shape index (κ1) is 20.3. The summed E-state index contributed by atoms with van der Waals surface area (Å²) < 4.78 is 2.26. The zero-order valence-corrected chi connectivity index (χ0v) is 19.6. The molecule has 4 amide bonds. The molecule has 0 spiro atoms. The lowest BCUT2D eigenvalue weighted by molar-refractivity contribution is -0.122. The van der Waals surface area contributed by atoms with Crippen molar-refractivity contribution in [3.63, 3.8) is 0 Å².